The second-order valence-corrected chi connectivity index (χ2v) is 8.98. The standard InChI is InChI=1S/C17H21ClN4O3S/c1-12(13-3-4-13)22-16(9-10-19-22)20-17(23)11-21(2)26(24,25)15-7-5-14(18)6-8-15/h5-10,12-13H,3-4,11H2,1-2H3,(H,20,23). The fourth-order valence-electron chi connectivity index (χ4n) is 2.77. The lowest BCUT2D eigenvalue weighted by atomic mass is 10.2. The van der Waals surface area contributed by atoms with Crippen molar-refractivity contribution in [1.82, 2.24) is 14.1 Å². The van der Waals surface area contributed by atoms with Crippen LogP contribution < -0.4 is 5.32 Å². The number of amides is 1. The Morgan fingerprint density at radius 2 is 2.00 bits per heavy atom. The molecule has 0 bridgehead atoms. The number of carbonyl (C=O) groups excluding carboxylic acids is 1. The van der Waals surface area contributed by atoms with Crippen molar-refractivity contribution in [2.45, 2.75) is 30.7 Å². The Morgan fingerprint density at radius 3 is 2.62 bits per heavy atom. The van der Waals surface area contributed by atoms with Crippen molar-refractivity contribution in [2.24, 2.45) is 5.92 Å². The highest BCUT2D eigenvalue weighted by atomic mass is 35.5. The Hall–Kier alpha value is -1.90. The third-order valence-corrected chi connectivity index (χ3v) is 6.59. The third kappa shape index (κ3) is 4.08. The van der Waals surface area contributed by atoms with Crippen molar-refractivity contribution >= 4 is 33.3 Å². The maximum absolute atomic E-state index is 12.5. The third-order valence-electron chi connectivity index (χ3n) is 4.52. The van der Waals surface area contributed by atoms with Crippen molar-refractivity contribution in [3.63, 3.8) is 0 Å². The van der Waals surface area contributed by atoms with Crippen LogP contribution in [0.1, 0.15) is 25.8 Å². The minimum atomic E-state index is -3.77. The van der Waals surface area contributed by atoms with E-state index < -0.39 is 15.9 Å². The van der Waals surface area contributed by atoms with Gasteiger partial charge in [-0.1, -0.05) is 11.6 Å². The molecule has 0 saturated heterocycles. The van der Waals surface area contributed by atoms with Crippen LogP contribution in [0, 0.1) is 5.92 Å². The second-order valence-electron chi connectivity index (χ2n) is 6.50. The molecule has 1 aliphatic rings. The van der Waals surface area contributed by atoms with Gasteiger partial charge in [-0.2, -0.15) is 9.40 Å². The molecule has 1 aromatic carbocycles. The van der Waals surface area contributed by atoms with Gasteiger partial charge in [0.25, 0.3) is 0 Å². The van der Waals surface area contributed by atoms with Gasteiger partial charge in [0.2, 0.25) is 15.9 Å². The zero-order valence-electron chi connectivity index (χ0n) is 14.6. The first kappa shape index (κ1) is 18.9. The van der Waals surface area contributed by atoms with Gasteiger partial charge in [-0.05, 0) is 49.9 Å². The average Bonchev–Trinajstić information content (AvgIpc) is 3.34. The van der Waals surface area contributed by atoms with Gasteiger partial charge < -0.3 is 5.32 Å². The Balaban J connectivity index is 1.66. The van der Waals surface area contributed by atoms with Crippen molar-refractivity contribution in [1.29, 1.82) is 0 Å². The van der Waals surface area contributed by atoms with Crippen molar-refractivity contribution in [3.8, 4) is 0 Å². The number of carbonyl (C=O) groups is 1. The van der Waals surface area contributed by atoms with E-state index in [0.717, 1.165) is 17.1 Å². The lowest BCUT2D eigenvalue weighted by molar-refractivity contribution is -0.116. The molecule has 0 spiro atoms. The summed E-state index contributed by atoms with van der Waals surface area (Å²) in [6.45, 7) is 1.77. The number of rotatable bonds is 7. The predicted molar refractivity (Wildman–Crippen MR) is 99.6 cm³/mol. The molecule has 0 radical (unpaired) electrons. The van der Waals surface area contributed by atoms with Crippen LogP contribution in [-0.2, 0) is 14.8 Å². The second kappa shape index (κ2) is 7.38. The molecule has 1 aromatic heterocycles. The van der Waals surface area contributed by atoms with E-state index in [-0.39, 0.29) is 17.5 Å². The molecule has 1 saturated carbocycles. The summed E-state index contributed by atoms with van der Waals surface area (Å²) >= 11 is 5.79. The van der Waals surface area contributed by atoms with E-state index in [9.17, 15) is 13.2 Å². The van der Waals surface area contributed by atoms with Gasteiger partial charge in [0, 0.05) is 18.1 Å². The maximum atomic E-state index is 12.5. The number of anilines is 1. The minimum Gasteiger partial charge on any atom is -0.310 e. The summed E-state index contributed by atoms with van der Waals surface area (Å²) in [5.74, 6) is 0.736. The zero-order chi connectivity index (χ0) is 18.9. The molecule has 1 fully saturated rings. The van der Waals surface area contributed by atoms with Crippen molar-refractivity contribution in [3.05, 3.63) is 41.6 Å². The van der Waals surface area contributed by atoms with Gasteiger partial charge in [0.05, 0.1) is 23.7 Å². The van der Waals surface area contributed by atoms with Crippen molar-refractivity contribution in [2.75, 3.05) is 18.9 Å². The van der Waals surface area contributed by atoms with E-state index in [1.165, 1.54) is 31.3 Å². The lowest BCUT2D eigenvalue weighted by Gasteiger charge is -2.18. The van der Waals surface area contributed by atoms with Gasteiger partial charge in [-0.25, -0.2) is 13.1 Å². The number of nitrogens with zero attached hydrogens (tertiary/aromatic N) is 3. The van der Waals surface area contributed by atoms with E-state index in [1.807, 2.05) is 0 Å². The van der Waals surface area contributed by atoms with Crippen LogP contribution in [0.3, 0.4) is 0 Å². The number of aromatic nitrogens is 2. The van der Waals surface area contributed by atoms with Gasteiger partial charge in [0.15, 0.2) is 0 Å². The number of nitrogens with one attached hydrogen (secondary N) is 1. The fourth-order valence-corrected chi connectivity index (χ4v) is 4.03. The fraction of sp³-hybridized carbons (Fsp3) is 0.412. The summed E-state index contributed by atoms with van der Waals surface area (Å²) in [5.41, 5.74) is 0. The van der Waals surface area contributed by atoms with Crippen LogP contribution in [0.15, 0.2) is 41.4 Å². The summed E-state index contributed by atoms with van der Waals surface area (Å²) < 4.78 is 27.9. The first-order chi connectivity index (χ1) is 12.3. The normalized spacial score (nSPS) is 15.8. The molecule has 1 heterocycles. The largest absolute Gasteiger partial charge is 0.310 e. The van der Waals surface area contributed by atoms with Gasteiger partial charge in [-0.15, -0.1) is 0 Å². The highest BCUT2D eigenvalue weighted by molar-refractivity contribution is 7.89. The highest BCUT2D eigenvalue weighted by Crippen LogP contribution is 2.40. The lowest BCUT2D eigenvalue weighted by Crippen LogP contribution is -2.35. The topological polar surface area (TPSA) is 84.3 Å². The molecule has 0 aliphatic heterocycles. The summed E-state index contributed by atoms with van der Waals surface area (Å²) in [4.78, 5) is 12.4. The molecule has 3 rings (SSSR count). The smallest absolute Gasteiger partial charge is 0.243 e. The molecular formula is C17H21ClN4O3S. The number of benzene rings is 1. The SMILES string of the molecule is CC(C1CC1)n1nccc1NC(=O)CN(C)S(=O)(=O)c1ccc(Cl)cc1. The van der Waals surface area contributed by atoms with E-state index in [1.54, 1.807) is 16.9 Å². The Kier molecular flexibility index (Phi) is 5.36. The van der Waals surface area contributed by atoms with Crippen LogP contribution in [-0.4, -0.2) is 42.0 Å². The first-order valence-corrected chi connectivity index (χ1v) is 10.2. The van der Waals surface area contributed by atoms with E-state index in [4.69, 9.17) is 11.6 Å². The molecule has 2 aromatic rings. The molecule has 1 N–H and O–H groups in total. The van der Waals surface area contributed by atoms with Gasteiger partial charge in [-0.3, -0.25) is 4.79 Å². The molecule has 7 nitrogen and oxygen atoms in total. The number of hydrogen-bond donors (Lipinski definition) is 1. The van der Waals surface area contributed by atoms with Crippen LogP contribution >= 0.6 is 11.6 Å². The molecule has 26 heavy (non-hydrogen) atoms. The van der Waals surface area contributed by atoms with Crippen molar-refractivity contribution < 1.29 is 13.2 Å². The zero-order valence-corrected chi connectivity index (χ0v) is 16.2. The number of likely N-dealkylation sites (N-methyl/N-ethyl adjacent to an activating group) is 1. The highest BCUT2D eigenvalue weighted by Gasteiger charge is 2.31. The van der Waals surface area contributed by atoms with Crippen LogP contribution in [0.5, 0.6) is 0 Å². The van der Waals surface area contributed by atoms with Crippen LogP contribution in [0.4, 0.5) is 5.82 Å². The molecule has 1 unspecified atom stereocenters. The summed E-state index contributed by atoms with van der Waals surface area (Å²) in [6, 6.07) is 7.75. The number of hydrogen-bond acceptors (Lipinski definition) is 4. The Morgan fingerprint density at radius 1 is 1.35 bits per heavy atom. The summed E-state index contributed by atoms with van der Waals surface area (Å²) in [6.07, 6.45) is 3.95. The van der Waals surface area contributed by atoms with Crippen LogP contribution in [0.2, 0.25) is 5.02 Å². The molecule has 1 aliphatic carbocycles. The first-order valence-electron chi connectivity index (χ1n) is 8.34. The Bertz CT molecular complexity index is 891. The molecule has 9 heteroatoms. The minimum absolute atomic E-state index is 0.0876. The summed E-state index contributed by atoms with van der Waals surface area (Å²) in [7, 11) is -2.40. The number of sulfonamides is 1. The quantitative estimate of drug-likeness (QED) is 0.779. The van der Waals surface area contributed by atoms with E-state index in [2.05, 4.69) is 17.3 Å². The Labute approximate surface area is 158 Å². The van der Waals surface area contributed by atoms with Crippen LogP contribution in [0.25, 0.3) is 0 Å². The maximum Gasteiger partial charge on any atom is 0.243 e. The molecule has 1 amide bonds. The molecular weight excluding hydrogens is 376 g/mol. The van der Waals surface area contributed by atoms with E-state index >= 15 is 0 Å². The van der Waals surface area contributed by atoms with Gasteiger partial charge in [0.1, 0.15) is 5.82 Å². The predicted octanol–water partition coefficient (Wildman–Crippen LogP) is 2.77. The molecule has 140 valence electrons. The molecule has 1 atom stereocenters. The van der Waals surface area contributed by atoms with Gasteiger partial charge >= 0.3 is 0 Å². The van der Waals surface area contributed by atoms with E-state index in [0.29, 0.717) is 16.8 Å². The average molecular weight is 397 g/mol. The summed E-state index contributed by atoms with van der Waals surface area (Å²) in [5, 5.41) is 7.47. The monoisotopic (exact) mass is 396 g/mol. The number of halogens is 1.